The SMILES string of the molecule is COc1ccc(OC)c([C@@H]2CCCN2C(=O)CN2CCN(c3ccccc3O)CC2)c1. The van der Waals surface area contributed by atoms with Crippen LogP contribution in [0.25, 0.3) is 0 Å². The van der Waals surface area contributed by atoms with Crippen LogP contribution in [0, 0.1) is 0 Å². The highest BCUT2D eigenvalue weighted by atomic mass is 16.5. The minimum absolute atomic E-state index is 0.0140. The zero-order chi connectivity index (χ0) is 21.8. The van der Waals surface area contributed by atoms with Crippen LogP contribution in [-0.4, -0.2) is 74.3 Å². The van der Waals surface area contributed by atoms with E-state index in [4.69, 9.17) is 9.47 Å². The first-order valence-electron chi connectivity index (χ1n) is 10.9. The van der Waals surface area contributed by atoms with Gasteiger partial charge in [0.2, 0.25) is 5.91 Å². The Labute approximate surface area is 183 Å². The van der Waals surface area contributed by atoms with Crippen LogP contribution in [0.2, 0.25) is 0 Å². The molecule has 0 saturated carbocycles. The number of anilines is 1. The van der Waals surface area contributed by atoms with Gasteiger partial charge in [-0.1, -0.05) is 12.1 Å². The number of methoxy groups -OCH3 is 2. The first-order valence-corrected chi connectivity index (χ1v) is 10.9. The topological polar surface area (TPSA) is 65.5 Å². The van der Waals surface area contributed by atoms with Gasteiger partial charge in [-0.05, 0) is 43.2 Å². The number of hydrogen-bond acceptors (Lipinski definition) is 6. The summed E-state index contributed by atoms with van der Waals surface area (Å²) < 4.78 is 11.0. The molecule has 7 nitrogen and oxygen atoms in total. The number of piperazine rings is 1. The highest BCUT2D eigenvalue weighted by Gasteiger charge is 2.33. The standard InChI is InChI=1S/C24H31N3O4/c1-30-18-9-10-23(31-2)19(16-18)20-7-5-11-27(20)24(29)17-25-12-14-26(15-13-25)21-6-3-4-8-22(21)28/h3-4,6,8-10,16,20,28H,5,7,11-15,17H2,1-2H3/t20-/m0/s1. The number of rotatable bonds is 6. The van der Waals surface area contributed by atoms with Crippen LogP contribution < -0.4 is 14.4 Å². The molecular weight excluding hydrogens is 394 g/mol. The molecule has 4 rings (SSSR count). The maximum Gasteiger partial charge on any atom is 0.237 e. The van der Waals surface area contributed by atoms with Crippen molar-refractivity contribution in [2.75, 3.05) is 58.4 Å². The van der Waals surface area contributed by atoms with Crippen molar-refractivity contribution in [1.29, 1.82) is 0 Å². The maximum absolute atomic E-state index is 13.2. The van der Waals surface area contributed by atoms with Gasteiger partial charge < -0.3 is 24.4 Å². The Hall–Kier alpha value is -2.93. The number of amides is 1. The number of para-hydroxylation sites is 2. The maximum atomic E-state index is 13.2. The zero-order valence-corrected chi connectivity index (χ0v) is 18.3. The first kappa shape index (κ1) is 21.3. The van der Waals surface area contributed by atoms with Crippen molar-refractivity contribution in [3.63, 3.8) is 0 Å². The second-order valence-electron chi connectivity index (χ2n) is 8.10. The summed E-state index contributed by atoms with van der Waals surface area (Å²) in [5.74, 6) is 2.03. The van der Waals surface area contributed by atoms with Crippen molar-refractivity contribution in [3.8, 4) is 17.2 Å². The molecule has 2 fully saturated rings. The molecule has 2 aliphatic rings. The van der Waals surface area contributed by atoms with Crippen molar-refractivity contribution in [2.24, 2.45) is 0 Å². The van der Waals surface area contributed by atoms with E-state index in [1.165, 1.54) is 0 Å². The lowest BCUT2D eigenvalue weighted by atomic mass is 10.0. The summed E-state index contributed by atoms with van der Waals surface area (Å²) in [6.07, 6.45) is 1.91. The quantitative estimate of drug-likeness (QED) is 0.768. The van der Waals surface area contributed by atoms with Gasteiger partial charge in [-0.25, -0.2) is 0 Å². The highest BCUT2D eigenvalue weighted by molar-refractivity contribution is 5.79. The molecular formula is C24H31N3O4. The molecule has 2 aromatic carbocycles. The predicted octanol–water partition coefficient (Wildman–Crippen LogP) is 2.90. The minimum Gasteiger partial charge on any atom is -0.506 e. The number of phenols is 1. The molecule has 166 valence electrons. The van der Waals surface area contributed by atoms with Crippen LogP contribution in [0.15, 0.2) is 42.5 Å². The molecule has 31 heavy (non-hydrogen) atoms. The van der Waals surface area contributed by atoms with Crippen LogP contribution in [0.5, 0.6) is 17.2 Å². The Bertz CT molecular complexity index is 911. The van der Waals surface area contributed by atoms with Crippen LogP contribution >= 0.6 is 0 Å². The van der Waals surface area contributed by atoms with E-state index in [2.05, 4.69) is 9.80 Å². The molecule has 0 aliphatic carbocycles. The summed E-state index contributed by atoms with van der Waals surface area (Å²) in [7, 11) is 3.31. The molecule has 2 aliphatic heterocycles. The number of hydrogen-bond donors (Lipinski definition) is 1. The van der Waals surface area contributed by atoms with Gasteiger partial charge >= 0.3 is 0 Å². The summed E-state index contributed by atoms with van der Waals surface area (Å²) in [6.45, 7) is 4.34. The van der Waals surface area contributed by atoms with Crippen LogP contribution in [0.4, 0.5) is 5.69 Å². The lowest BCUT2D eigenvalue weighted by Crippen LogP contribution is -2.50. The summed E-state index contributed by atoms with van der Waals surface area (Å²) in [6, 6.07) is 13.2. The lowest BCUT2D eigenvalue weighted by molar-refractivity contribution is -0.133. The first-order chi connectivity index (χ1) is 15.1. The van der Waals surface area contributed by atoms with Crippen LogP contribution in [0.1, 0.15) is 24.4 Å². The summed E-state index contributed by atoms with van der Waals surface area (Å²) in [5, 5.41) is 10.1. The van der Waals surface area contributed by atoms with Gasteiger partial charge in [-0.2, -0.15) is 0 Å². The molecule has 1 N–H and O–H groups in total. The number of benzene rings is 2. The van der Waals surface area contributed by atoms with Crippen LogP contribution in [0.3, 0.4) is 0 Å². The van der Waals surface area contributed by atoms with Gasteiger partial charge in [0.15, 0.2) is 0 Å². The molecule has 0 unspecified atom stereocenters. The third-order valence-corrected chi connectivity index (χ3v) is 6.32. The Kier molecular flexibility index (Phi) is 6.51. The molecule has 7 heteroatoms. The van der Waals surface area contributed by atoms with Gasteiger partial charge in [0.25, 0.3) is 0 Å². The number of aromatic hydroxyl groups is 1. The fourth-order valence-corrected chi connectivity index (χ4v) is 4.65. The number of carbonyl (C=O) groups is 1. The molecule has 0 radical (unpaired) electrons. The number of nitrogens with zero attached hydrogens (tertiary/aromatic N) is 3. The number of ether oxygens (including phenoxy) is 2. The molecule has 1 amide bonds. The van der Waals surface area contributed by atoms with Gasteiger partial charge in [-0.3, -0.25) is 9.69 Å². The van der Waals surface area contributed by atoms with E-state index in [0.29, 0.717) is 12.3 Å². The van der Waals surface area contributed by atoms with E-state index in [0.717, 1.165) is 68.3 Å². The number of likely N-dealkylation sites (tertiary alicyclic amines) is 1. The normalized spacial score (nSPS) is 19.5. The third-order valence-electron chi connectivity index (χ3n) is 6.32. The Morgan fingerprint density at radius 3 is 2.52 bits per heavy atom. The second kappa shape index (κ2) is 9.47. The smallest absolute Gasteiger partial charge is 0.237 e. The summed E-state index contributed by atoms with van der Waals surface area (Å²) >= 11 is 0. The number of phenolic OH excluding ortho intramolecular Hbond substituents is 1. The summed E-state index contributed by atoms with van der Waals surface area (Å²) in [5.41, 5.74) is 1.87. The van der Waals surface area contributed by atoms with Crippen molar-refractivity contribution < 1.29 is 19.4 Å². The summed E-state index contributed by atoms with van der Waals surface area (Å²) in [4.78, 5) is 19.6. The molecule has 0 aromatic heterocycles. The van der Waals surface area contributed by atoms with Crippen molar-refractivity contribution in [2.45, 2.75) is 18.9 Å². The predicted molar refractivity (Wildman–Crippen MR) is 120 cm³/mol. The van der Waals surface area contributed by atoms with E-state index in [-0.39, 0.29) is 11.9 Å². The molecule has 2 saturated heterocycles. The average Bonchev–Trinajstić information content (AvgIpc) is 3.29. The van der Waals surface area contributed by atoms with Gasteiger partial charge in [0.05, 0.1) is 32.5 Å². The molecule has 0 bridgehead atoms. The van der Waals surface area contributed by atoms with E-state index in [1.54, 1.807) is 20.3 Å². The van der Waals surface area contributed by atoms with E-state index in [9.17, 15) is 9.90 Å². The van der Waals surface area contributed by atoms with Gasteiger partial charge in [-0.15, -0.1) is 0 Å². The van der Waals surface area contributed by atoms with Crippen molar-refractivity contribution >= 4 is 11.6 Å². The van der Waals surface area contributed by atoms with Gasteiger partial charge in [0, 0.05) is 38.3 Å². The molecule has 1 atom stereocenters. The Balaban J connectivity index is 1.39. The molecule has 0 spiro atoms. The Morgan fingerprint density at radius 1 is 1.03 bits per heavy atom. The van der Waals surface area contributed by atoms with Gasteiger partial charge in [0.1, 0.15) is 17.2 Å². The zero-order valence-electron chi connectivity index (χ0n) is 18.3. The Morgan fingerprint density at radius 2 is 1.81 bits per heavy atom. The number of carbonyl (C=O) groups excluding carboxylic acids is 1. The van der Waals surface area contributed by atoms with Crippen molar-refractivity contribution in [1.82, 2.24) is 9.80 Å². The monoisotopic (exact) mass is 425 g/mol. The fraction of sp³-hybridized carbons (Fsp3) is 0.458. The largest absolute Gasteiger partial charge is 0.506 e. The van der Waals surface area contributed by atoms with E-state index < -0.39 is 0 Å². The van der Waals surface area contributed by atoms with E-state index >= 15 is 0 Å². The van der Waals surface area contributed by atoms with E-state index in [1.807, 2.05) is 41.3 Å². The molecule has 2 aromatic rings. The highest BCUT2D eigenvalue weighted by Crippen LogP contribution is 2.39. The minimum atomic E-state index is 0.0140. The average molecular weight is 426 g/mol. The van der Waals surface area contributed by atoms with Crippen LogP contribution in [-0.2, 0) is 4.79 Å². The molecule has 2 heterocycles. The lowest BCUT2D eigenvalue weighted by Gasteiger charge is -2.37. The third kappa shape index (κ3) is 4.56. The van der Waals surface area contributed by atoms with Crippen molar-refractivity contribution in [3.05, 3.63) is 48.0 Å². The second-order valence-corrected chi connectivity index (χ2v) is 8.10. The fourth-order valence-electron chi connectivity index (χ4n) is 4.65.